The van der Waals surface area contributed by atoms with Crippen molar-refractivity contribution in [1.29, 1.82) is 0 Å². The Morgan fingerprint density at radius 1 is 1.00 bits per heavy atom. The first-order valence-electron chi connectivity index (χ1n) is 8.00. The average molecular weight is 455 g/mol. The highest BCUT2D eigenvalue weighted by Crippen LogP contribution is 2.22. The van der Waals surface area contributed by atoms with Gasteiger partial charge in [-0.3, -0.25) is 14.2 Å². The molecule has 2 heterocycles. The van der Waals surface area contributed by atoms with E-state index in [1.54, 1.807) is 48.8 Å². The number of benzene rings is 2. The molecule has 26 heavy (non-hydrogen) atoms. The predicted molar refractivity (Wildman–Crippen MR) is 107 cm³/mol. The SMILES string of the molecule is O=C(c1ccc(-c2cn3c(I)cnc3cn2)cc1)C(O)c1ccccc1. The maximum absolute atomic E-state index is 12.5. The van der Waals surface area contributed by atoms with Crippen LogP contribution in [-0.4, -0.2) is 25.3 Å². The number of ketones is 1. The molecule has 1 atom stereocenters. The van der Waals surface area contributed by atoms with Crippen LogP contribution in [0, 0.1) is 3.70 Å². The second-order valence-electron chi connectivity index (χ2n) is 5.84. The number of carbonyl (C=O) groups excluding carboxylic acids is 1. The van der Waals surface area contributed by atoms with Gasteiger partial charge in [-0.25, -0.2) is 4.98 Å². The van der Waals surface area contributed by atoms with Crippen molar-refractivity contribution in [3.8, 4) is 11.3 Å². The summed E-state index contributed by atoms with van der Waals surface area (Å²) in [6.07, 6.45) is 4.26. The Balaban J connectivity index is 1.61. The van der Waals surface area contributed by atoms with E-state index in [1.807, 2.05) is 28.8 Å². The molecule has 0 bridgehead atoms. The number of fused-ring (bicyclic) bond motifs is 1. The molecule has 1 N–H and O–H groups in total. The van der Waals surface area contributed by atoms with Gasteiger partial charge in [-0.05, 0) is 28.2 Å². The van der Waals surface area contributed by atoms with E-state index in [0.29, 0.717) is 11.1 Å². The van der Waals surface area contributed by atoms with Crippen molar-refractivity contribution < 1.29 is 9.90 Å². The number of imidazole rings is 1. The van der Waals surface area contributed by atoms with Crippen LogP contribution in [0.3, 0.4) is 0 Å². The van der Waals surface area contributed by atoms with Crippen molar-refractivity contribution in [2.75, 3.05) is 0 Å². The summed E-state index contributed by atoms with van der Waals surface area (Å²) >= 11 is 2.22. The van der Waals surface area contributed by atoms with Crippen LogP contribution in [0.4, 0.5) is 0 Å². The monoisotopic (exact) mass is 455 g/mol. The van der Waals surface area contributed by atoms with Crippen molar-refractivity contribution >= 4 is 34.0 Å². The Bertz CT molecular complexity index is 1080. The Labute approximate surface area is 163 Å². The first kappa shape index (κ1) is 16.9. The highest BCUT2D eigenvalue weighted by Gasteiger charge is 2.19. The molecular weight excluding hydrogens is 441 g/mol. The third kappa shape index (κ3) is 3.13. The molecule has 5 nitrogen and oxygen atoms in total. The van der Waals surface area contributed by atoms with E-state index in [-0.39, 0.29) is 5.78 Å². The number of aromatic nitrogens is 3. The second-order valence-corrected chi connectivity index (χ2v) is 6.94. The number of hydrogen-bond donors (Lipinski definition) is 1. The van der Waals surface area contributed by atoms with E-state index in [0.717, 1.165) is 20.6 Å². The lowest BCUT2D eigenvalue weighted by atomic mass is 9.99. The summed E-state index contributed by atoms with van der Waals surface area (Å²) in [5.41, 5.74) is 3.51. The lowest BCUT2D eigenvalue weighted by molar-refractivity contribution is 0.0747. The minimum absolute atomic E-state index is 0.324. The number of rotatable bonds is 4. The van der Waals surface area contributed by atoms with Gasteiger partial charge in [0, 0.05) is 17.3 Å². The Hall–Kier alpha value is -2.58. The average Bonchev–Trinajstić information content (AvgIpc) is 3.08. The van der Waals surface area contributed by atoms with Gasteiger partial charge in [0.05, 0.1) is 18.1 Å². The summed E-state index contributed by atoms with van der Waals surface area (Å²) in [7, 11) is 0. The molecule has 6 heteroatoms. The molecule has 1 unspecified atom stereocenters. The van der Waals surface area contributed by atoms with E-state index in [1.165, 1.54) is 0 Å². The fourth-order valence-corrected chi connectivity index (χ4v) is 3.28. The molecule has 0 spiro atoms. The normalized spacial score (nSPS) is 12.2. The van der Waals surface area contributed by atoms with Gasteiger partial charge in [0.15, 0.2) is 11.4 Å². The number of nitrogens with zero attached hydrogens (tertiary/aromatic N) is 3. The number of aliphatic hydroxyl groups is 1. The number of aliphatic hydroxyl groups excluding tert-OH is 1. The van der Waals surface area contributed by atoms with E-state index in [9.17, 15) is 9.90 Å². The first-order valence-corrected chi connectivity index (χ1v) is 9.07. The van der Waals surface area contributed by atoms with Gasteiger partial charge in [0.2, 0.25) is 0 Å². The van der Waals surface area contributed by atoms with Crippen LogP contribution in [-0.2, 0) is 0 Å². The van der Waals surface area contributed by atoms with E-state index < -0.39 is 6.10 Å². The smallest absolute Gasteiger partial charge is 0.195 e. The third-order valence-corrected chi connectivity index (χ3v) is 4.98. The van der Waals surface area contributed by atoms with Gasteiger partial charge in [-0.15, -0.1) is 0 Å². The molecule has 2 aromatic heterocycles. The summed E-state index contributed by atoms with van der Waals surface area (Å²) in [5, 5.41) is 10.3. The van der Waals surface area contributed by atoms with E-state index in [4.69, 9.17) is 0 Å². The highest BCUT2D eigenvalue weighted by atomic mass is 127. The highest BCUT2D eigenvalue weighted by molar-refractivity contribution is 14.1. The third-order valence-electron chi connectivity index (χ3n) is 4.18. The van der Waals surface area contributed by atoms with Crippen molar-refractivity contribution in [2.45, 2.75) is 6.10 Å². The summed E-state index contributed by atoms with van der Waals surface area (Å²) in [5.74, 6) is -0.324. The number of carbonyl (C=O) groups is 1. The second kappa shape index (κ2) is 6.97. The molecule has 0 aliphatic heterocycles. The minimum Gasteiger partial charge on any atom is -0.380 e. The van der Waals surface area contributed by atoms with Gasteiger partial charge >= 0.3 is 0 Å². The number of halogens is 1. The zero-order valence-corrected chi connectivity index (χ0v) is 15.7. The van der Waals surface area contributed by atoms with Gasteiger partial charge < -0.3 is 5.11 Å². The van der Waals surface area contributed by atoms with Gasteiger partial charge in [0.25, 0.3) is 0 Å². The molecule has 128 valence electrons. The van der Waals surface area contributed by atoms with Crippen LogP contribution in [0.15, 0.2) is 73.2 Å². The summed E-state index contributed by atoms with van der Waals surface area (Å²) in [4.78, 5) is 21.2. The molecule has 0 aliphatic carbocycles. The zero-order chi connectivity index (χ0) is 18.1. The van der Waals surface area contributed by atoms with Crippen molar-refractivity contribution in [2.24, 2.45) is 0 Å². The Morgan fingerprint density at radius 2 is 1.73 bits per heavy atom. The van der Waals surface area contributed by atoms with Crippen LogP contribution < -0.4 is 0 Å². The zero-order valence-electron chi connectivity index (χ0n) is 13.6. The topological polar surface area (TPSA) is 67.5 Å². The van der Waals surface area contributed by atoms with Crippen LogP contribution in [0.25, 0.3) is 16.9 Å². The Morgan fingerprint density at radius 3 is 2.46 bits per heavy atom. The van der Waals surface area contributed by atoms with Crippen LogP contribution in [0.1, 0.15) is 22.0 Å². The molecule has 4 aromatic rings. The Kier molecular flexibility index (Phi) is 4.52. The molecule has 0 amide bonds. The lowest BCUT2D eigenvalue weighted by Gasteiger charge is -2.10. The summed E-state index contributed by atoms with van der Waals surface area (Å²) < 4.78 is 2.96. The summed E-state index contributed by atoms with van der Waals surface area (Å²) in [6, 6.07) is 16.0. The summed E-state index contributed by atoms with van der Waals surface area (Å²) in [6.45, 7) is 0. The number of hydrogen-bond acceptors (Lipinski definition) is 4. The van der Waals surface area contributed by atoms with Crippen molar-refractivity contribution in [1.82, 2.24) is 14.4 Å². The molecule has 0 radical (unpaired) electrons. The maximum Gasteiger partial charge on any atom is 0.195 e. The quantitative estimate of drug-likeness (QED) is 0.374. The number of Topliss-reactive ketones (excluding diaryl/α,β-unsaturated/α-hetero) is 1. The fourth-order valence-electron chi connectivity index (χ4n) is 2.76. The van der Waals surface area contributed by atoms with Gasteiger partial charge in [0.1, 0.15) is 9.80 Å². The van der Waals surface area contributed by atoms with Crippen molar-refractivity contribution in [3.05, 3.63) is 88.0 Å². The van der Waals surface area contributed by atoms with Gasteiger partial charge in [-0.1, -0.05) is 54.6 Å². The molecule has 4 rings (SSSR count). The molecule has 2 aromatic carbocycles. The minimum atomic E-state index is -1.16. The van der Waals surface area contributed by atoms with Gasteiger partial charge in [-0.2, -0.15) is 0 Å². The van der Waals surface area contributed by atoms with E-state index in [2.05, 4.69) is 32.6 Å². The van der Waals surface area contributed by atoms with Crippen LogP contribution in [0.5, 0.6) is 0 Å². The fraction of sp³-hybridized carbons (Fsp3) is 0.0500. The molecule has 0 aliphatic rings. The van der Waals surface area contributed by atoms with Crippen LogP contribution in [0.2, 0.25) is 0 Å². The molecular formula is C20H14IN3O2. The lowest BCUT2D eigenvalue weighted by Crippen LogP contribution is -2.12. The first-order chi connectivity index (χ1) is 12.6. The molecule has 0 saturated heterocycles. The standard InChI is InChI=1S/C20H14IN3O2/c21-17-10-23-18-11-22-16(12-24(17)18)13-6-8-15(9-7-13)20(26)19(25)14-4-2-1-3-5-14/h1-12,19,25H. The largest absolute Gasteiger partial charge is 0.380 e. The van der Waals surface area contributed by atoms with Crippen LogP contribution >= 0.6 is 22.6 Å². The van der Waals surface area contributed by atoms with E-state index >= 15 is 0 Å². The molecule has 0 saturated carbocycles. The molecule has 0 fully saturated rings. The predicted octanol–water partition coefficient (Wildman–Crippen LogP) is 3.92. The maximum atomic E-state index is 12.5. The van der Waals surface area contributed by atoms with Crippen molar-refractivity contribution in [3.63, 3.8) is 0 Å².